The Morgan fingerprint density at radius 1 is 1.50 bits per heavy atom. The van der Waals surface area contributed by atoms with Crippen LogP contribution in [0.5, 0.6) is 0 Å². The molecule has 0 aliphatic rings. The summed E-state index contributed by atoms with van der Waals surface area (Å²) in [5.74, 6) is 0.285. The quantitative estimate of drug-likeness (QED) is 0.873. The summed E-state index contributed by atoms with van der Waals surface area (Å²) >= 11 is 3.29. The van der Waals surface area contributed by atoms with Crippen LogP contribution in [0.25, 0.3) is 11.1 Å². The molecule has 2 aromatic rings. The van der Waals surface area contributed by atoms with Crippen molar-refractivity contribution in [2.75, 3.05) is 5.32 Å². The molecule has 0 fully saturated rings. The van der Waals surface area contributed by atoms with E-state index in [2.05, 4.69) is 31.4 Å². The molecule has 18 heavy (non-hydrogen) atoms. The first kappa shape index (κ1) is 12.8. The maximum atomic E-state index is 11.6. The number of pyridine rings is 1. The fourth-order valence-electron chi connectivity index (χ4n) is 1.30. The fourth-order valence-corrected chi connectivity index (χ4v) is 1.63. The van der Waals surface area contributed by atoms with Gasteiger partial charge in [-0.15, -0.1) is 0 Å². The smallest absolute Gasteiger partial charge is 0.413 e. The minimum absolute atomic E-state index is 0.285. The number of hydrogen-bond donors (Lipinski definition) is 1. The van der Waals surface area contributed by atoms with E-state index in [1.54, 1.807) is 33.0 Å². The minimum Gasteiger partial charge on any atom is -0.444 e. The van der Waals surface area contributed by atoms with Crippen LogP contribution in [-0.4, -0.2) is 21.8 Å². The first-order valence-electron chi connectivity index (χ1n) is 5.26. The van der Waals surface area contributed by atoms with Crippen LogP contribution < -0.4 is 5.32 Å². The standard InChI is InChI=1S/C11H12BrN3O3/c1-11(2,3)17-10(16)14-8-7-4-6(12)5-13-9(7)18-15-8/h4-5H,1-3H3,(H,14,15,16). The van der Waals surface area contributed by atoms with E-state index in [0.717, 1.165) is 4.47 Å². The lowest BCUT2D eigenvalue weighted by Crippen LogP contribution is -2.27. The molecule has 0 aliphatic carbocycles. The molecule has 0 aromatic carbocycles. The summed E-state index contributed by atoms with van der Waals surface area (Å²) in [6.45, 7) is 5.35. The van der Waals surface area contributed by atoms with E-state index in [9.17, 15) is 4.79 Å². The van der Waals surface area contributed by atoms with E-state index in [-0.39, 0.29) is 5.82 Å². The van der Waals surface area contributed by atoms with Crippen LogP contribution in [0.4, 0.5) is 10.6 Å². The molecular weight excluding hydrogens is 302 g/mol. The molecule has 7 heteroatoms. The molecule has 2 heterocycles. The molecule has 2 rings (SSSR count). The highest BCUT2D eigenvalue weighted by Gasteiger charge is 2.19. The lowest BCUT2D eigenvalue weighted by atomic mass is 10.2. The Kier molecular flexibility index (Phi) is 3.25. The number of anilines is 1. The zero-order valence-corrected chi connectivity index (χ0v) is 11.7. The summed E-state index contributed by atoms with van der Waals surface area (Å²) < 4.78 is 10.9. The molecule has 0 spiro atoms. The van der Waals surface area contributed by atoms with Crippen LogP contribution in [0.1, 0.15) is 20.8 Å². The average Bonchev–Trinajstić information content (AvgIpc) is 2.58. The van der Waals surface area contributed by atoms with Gasteiger partial charge in [0.1, 0.15) is 5.60 Å². The molecule has 0 saturated heterocycles. The number of rotatable bonds is 1. The van der Waals surface area contributed by atoms with Crippen LogP contribution in [0.2, 0.25) is 0 Å². The van der Waals surface area contributed by atoms with Gasteiger partial charge in [-0.1, -0.05) is 5.16 Å². The van der Waals surface area contributed by atoms with Crippen molar-refractivity contribution in [1.29, 1.82) is 0 Å². The lowest BCUT2D eigenvalue weighted by Gasteiger charge is -2.18. The molecule has 96 valence electrons. The number of hydrogen-bond acceptors (Lipinski definition) is 5. The van der Waals surface area contributed by atoms with Crippen molar-refractivity contribution in [3.05, 3.63) is 16.7 Å². The van der Waals surface area contributed by atoms with Gasteiger partial charge in [-0.3, -0.25) is 5.32 Å². The van der Waals surface area contributed by atoms with Crippen LogP contribution in [0.15, 0.2) is 21.3 Å². The first-order chi connectivity index (χ1) is 8.35. The SMILES string of the molecule is CC(C)(C)OC(=O)Nc1noc2ncc(Br)cc12. The lowest BCUT2D eigenvalue weighted by molar-refractivity contribution is 0.0635. The molecule has 1 N–H and O–H groups in total. The second-order valence-corrected chi connectivity index (χ2v) is 5.58. The summed E-state index contributed by atoms with van der Waals surface area (Å²) in [5, 5.41) is 6.86. The summed E-state index contributed by atoms with van der Waals surface area (Å²) in [7, 11) is 0. The van der Waals surface area contributed by atoms with Gasteiger partial charge >= 0.3 is 6.09 Å². The number of aromatic nitrogens is 2. The van der Waals surface area contributed by atoms with E-state index >= 15 is 0 Å². The number of fused-ring (bicyclic) bond motifs is 1. The van der Waals surface area contributed by atoms with Gasteiger partial charge in [0.05, 0.1) is 5.39 Å². The van der Waals surface area contributed by atoms with Crippen LogP contribution in [-0.2, 0) is 4.74 Å². The largest absolute Gasteiger partial charge is 0.444 e. The van der Waals surface area contributed by atoms with E-state index in [1.807, 2.05) is 0 Å². The van der Waals surface area contributed by atoms with Gasteiger partial charge in [0.15, 0.2) is 5.82 Å². The summed E-state index contributed by atoms with van der Waals surface area (Å²) in [5.41, 5.74) is -0.216. The van der Waals surface area contributed by atoms with Gasteiger partial charge < -0.3 is 9.26 Å². The number of ether oxygens (including phenoxy) is 1. The highest BCUT2D eigenvalue weighted by molar-refractivity contribution is 9.10. The highest BCUT2D eigenvalue weighted by Crippen LogP contribution is 2.24. The van der Waals surface area contributed by atoms with Crippen molar-refractivity contribution in [2.45, 2.75) is 26.4 Å². The van der Waals surface area contributed by atoms with Crippen molar-refractivity contribution < 1.29 is 14.1 Å². The molecule has 0 aliphatic heterocycles. The zero-order chi connectivity index (χ0) is 13.3. The van der Waals surface area contributed by atoms with E-state index in [1.165, 1.54) is 0 Å². The van der Waals surface area contributed by atoms with E-state index < -0.39 is 11.7 Å². The molecule has 6 nitrogen and oxygen atoms in total. The molecule has 0 atom stereocenters. The fraction of sp³-hybridized carbons (Fsp3) is 0.364. The molecule has 1 amide bonds. The second kappa shape index (κ2) is 4.56. The van der Waals surface area contributed by atoms with Crippen molar-refractivity contribution in [3.63, 3.8) is 0 Å². The molecule has 0 unspecified atom stereocenters. The number of halogens is 1. The summed E-state index contributed by atoms with van der Waals surface area (Å²) in [4.78, 5) is 15.6. The number of amides is 1. The van der Waals surface area contributed by atoms with E-state index in [0.29, 0.717) is 11.1 Å². The van der Waals surface area contributed by atoms with Crippen molar-refractivity contribution in [3.8, 4) is 0 Å². The molecule has 0 radical (unpaired) electrons. The summed E-state index contributed by atoms with van der Waals surface area (Å²) in [6, 6.07) is 1.76. The van der Waals surface area contributed by atoms with Gasteiger partial charge in [-0.25, -0.2) is 9.78 Å². The minimum atomic E-state index is -0.585. The predicted octanol–water partition coefficient (Wildman–Crippen LogP) is 3.33. The Balaban J connectivity index is 2.22. The van der Waals surface area contributed by atoms with Crippen LogP contribution in [0.3, 0.4) is 0 Å². The van der Waals surface area contributed by atoms with Crippen LogP contribution >= 0.6 is 15.9 Å². The molecule has 0 saturated carbocycles. The Labute approximate surface area is 112 Å². The van der Waals surface area contributed by atoms with Gasteiger partial charge in [-0.05, 0) is 42.8 Å². The topological polar surface area (TPSA) is 77.2 Å². The van der Waals surface area contributed by atoms with Gasteiger partial charge in [-0.2, -0.15) is 0 Å². The Morgan fingerprint density at radius 2 is 2.22 bits per heavy atom. The third-order valence-corrected chi connectivity index (χ3v) is 2.35. The monoisotopic (exact) mass is 313 g/mol. The number of nitrogens with one attached hydrogen (secondary N) is 1. The maximum Gasteiger partial charge on any atom is 0.413 e. The number of carbonyl (C=O) groups excluding carboxylic acids is 1. The molecule has 0 bridgehead atoms. The molecular formula is C11H12BrN3O3. The van der Waals surface area contributed by atoms with Gasteiger partial charge in [0.2, 0.25) is 0 Å². The average molecular weight is 314 g/mol. The zero-order valence-electron chi connectivity index (χ0n) is 10.2. The Hall–Kier alpha value is -1.63. The third-order valence-electron chi connectivity index (χ3n) is 1.92. The highest BCUT2D eigenvalue weighted by atomic mass is 79.9. The van der Waals surface area contributed by atoms with E-state index in [4.69, 9.17) is 9.26 Å². The Morgan fingerprint density at radius 3 is 2.89 bits per heavy atom. The van der Waals surface area contributed by atoms with Gasteiger partial charge in [0.25, 0.3) is 5.71 Å². The number of carbonyl (C=O) groups is 1. The normalized spacial score (nSPS) is 11.6. The first-order valence-corrected chi connectivity index (χ1v) is 6.05. The predicted molar refractivity (Wildman–Crippen MR) is 69.4 cm³/mol. The second-order valence-electron chi connectivity index (χ2n) is 4.66. The maximum absolute atomic E-state index is 11.6. The third kappa shape index (κ3) is 2.98. The van der Waals surface area contributed by atoms with Crippen molar-refractivity contribution >= 4 is 38.9 Å². The summed E-state index contributed by atoms with van der Waals surface area (Å²) in [6.07, 6.45) is 1.00. The van der Waals surface area contributed by atoms with Gasteiger partial charge in [0, 0.05) is 10.7 Å². The Bertz CT molecular complexity index is 589. The van der Waals surface area contributed by atoms with Crippen LogP contribution in [0, 0.1) is 0 Å². The molecule has 2 aromatic heterocycles. The van der Waals surface area contributed by atoms with Crippen molar-refractivity contribution in [1.82, 2.24) is 10.1 Å². The van der Waals surface area contributed by atoms with Crippen molar-refractivity contribution in [2.24, 2.45) is 0 Å². The number of nitrogens with zero attached hydrogens (tertiary/aromatic N) is 2.